The lowest BCUT2D eigenvalue weighted by atomic mass is 9.94. The van der Waals surface area contributed by atoms with Gasteiger partial charge in [-0.1, -0.05) is 13.0 Å². The van der Waals surface area contributed by atoms with Gasteiger partial charge in [0, 0.05) is 37.8 Å². The smallest absolute Gasteiger partial charge is 0.319 e. The zero-order valence-electron chi connectivity index (χ0n) is 24.4. The second-order valence-corrected chi connectivity index (χ2v) is 12.0. The molecule has 0 saturated carbocycles. The Morgan fingerprint density at radius 1 is 1.16 bits per heavy atom. The molecule has 5 heterocycles. The number of aliphatic hydroxyl groups is 1. The largest absolute Gasteiger partial charge is 0.508 e. The van der Waals surface area contributed by atoms with E-state index in [0.29, 0.717) is 60.1 Å². The van der Waals surface area contributed by atoms with Gasteiger partial charge in [0.15, 0.2) is 5.82 Å². The number of ether oxygens (including phenoxy) is 2. The minimum Gasteiger partial charge on any atom is -0.508 e. The summed E-state index contributed by atoms with van der Waals surface area (Å²) in [6.45, 7) is 4.16. The number of pyridine rings is 1. The SMILES string of the molecule is CCc1c(F)ccc2cc(O)cc(-c3ncc4c(N5CCOCC(O)C5)nc(OC[C@@]56CCCN5C[C@H](F)C6)nc4c3F)c12. The molecule has 2 aromatic carbocycles. The number of rotatable bonds is 6. The van der Waals surface area contributed by atoms with Gasteiger partial charge in [0.05, 0.1) is 30.2 Å². The van der Waals surface area contributed by atoms with Crippen LogP contribution in [0.25, 0.3) is 32.9 Å². The van der Waals surface area contributed by atoms with Crippen LogP contribution in [0.3, 0.4) is 0 Å². The normalized spacial score (nSPS) is 24.2. The summed E-state index contributed by atoms with van der Waals surface area (Å²) in [5.41, 5.74) is -0.0280. The molecule has 44 heavy (non-hydrogen) atoms. The molecule has 7 rings (SSSR count). The molecular weight excluding hydrogens is 575 g/mol. The van der Waals surface area contributed by atoms with Crippen molar-refractivity contribution >= 4 is 27.5 Å². The summed E-state index contributed by atoms with van der Waals surface area (Å²) in [5.74, 6) is -1.01. The van der Waals surface area contributed by atoms with Crippen LogP contribution in [0.1, 0.15) is 31.7 Å². The first-order valence-corrected chi connectivity index (χ1v) is 15.1. The topological polar surface area (TPSA) is 104 Å². The van der Waals surface area contributed by atoms with Crippen LogP contribution in [0.2, 0.25) is 0 Å². The maximum Gasteiger partial charge on any atom is 0.319 e. The highest BCUT2D eigenvalue weighted by molar-refractivity contribution is 6.01. The Morgan fingerprint density at radius 3 is 2.86 bits per heavy atom. The van der Waals surface area contributed by atoms with E-state index in [1.807, 2.05) is 6.92 Å². The maximum absolute atomic E-state index is 16.7. The predicted octanol–water partition coefficient (Wildman–Crippen LogP) is 4.54. The number of alkyl halides is 1. The zero-order valence-corrected chi connectivity index (χ0v) is 24.4. The van der Waals surface area contributed by atoms with Gasteiger partial charge in [0.25, 0.3) is 0 Å². The van der Waals surface area contributed by atoms with E-state index in [9.17, 15) is 19.0 Å². The van der Waals surface area contributed by atoms with Gasteiger partial charge in [-0.3, -0.25) is 9.88 Å². The number of benzene rings is 2. The Morgan fingerprint density at radius 2 is 2.02 bits per heavy atom. The molecule has 12 heteroatoms. The molecule has 0 spiro atoms. The lowest BCUT2D eigenvalue weighted by Crippen LogP contribution is -2.43. The standard InChI is InChI=1S/C32H34F3N5O4/c1-2-22-25(34)5-4-18-10-20(41)11-23(26(18)22)28-27(35)29-24(13-36-28)30(39-8-9-43-16-21(42)15-39)38-31(37-29)44-17-32-6-3-7-40(32)14-19(33)12-32/h4-5,10-11,13,19,21,41-42H,2-3,6-9,12,14-17H2,1H3/t19-,21?,32+/m1/s1. The Balaban J connectivity index is 1.38. The number of fused-ring (bicyclic) bond motifs is 3. The fourth-order valence-electron chi connectivity index (χ4n) is 7.18. The Labute approximate surface area is 252 Å². The number of nitrogens with zero attached hydrogens (tertiary/aromatic N) is 5. The second kappa shape index (κ2) is 11.3. The number of aryl methyl sites for hydroxylation is 1. The van der Waals surface area contributed by atoms with E-state index in [1.54, 1.807) is 11.0 Å². The maximum atomic E-state index is 16.7. The Hall–Kier alpha value is -3.74. The molecule has 0 radical (unpaired) electrons. The molecule has 3 fully saturated rings. The average Bonchev–Trinajstić information content (AvgIpc) is 3.43. The summed E-state index contributed by atoms with van der Waals surface area (Å²) in [5, 5.41) is 22.3. The molecule has 3 aliphatic rings. The fraction of sp³-hybridized carbons (Fsp3) is 0.469. The van der Waals surface area contributed by atoms with E-state index in [1.165, 1.54) is 24.4 Å². The Kier molecular flexibility index (Phi) is 7.46. The molecule has 1 unspecified atom stereocenters. The van der Waals surface area contributed by atoms with Crippen LogP contribution in [0.5, 0.6) is 11.8 Å². The van der Waals surface area contributed by atoms with Crippen LogP contribution in [0.4, 0.5) is 19.0 Å². The number of phenolic OH excluding ortho intramolecular Hbond substituents is 1. The van der Waals surface area contributed by atoms with E-state index < -0.39 is 29.4 Å². The van der Waals surface area contributed by atoms with E-state index >= 15 is 4.39 Å². The molecule has 0 amide bonds. The predicted molar refractivity (Wildman–Crippen MR) is 159 cm³/mol. The number of hydrogen-bond acceptors (Lipinski definition) is 9. The number of aromatic nitrogens is 3. The van der Waals surface area contributed by atoms with Crippen LogP contribution in [0, 0.1) is 11.6 Å². The molecule has 232 valence electrons. The molecule has 3 aliphatic heterocycles. The van der Waals surface area contributed by atoms with Gasteiger partial charge in [-0.25, -0.2) is 13.2 Å². The third kappa shape index (κ3) is 4.98. The zero-order chi connectivity index (χ0) is 30.6. The monoisotopic (exact) mass is 609 g/mol. The molecule has 2 N–H and O–H groups in total. The third-order valence-electron chi connectivity index (χ3n) is 9.18. The molecule has 9 nitrogen and oxygen atoms in total. The van der Waals surface area contributed by atoms with E-state index in [4.69, 9.17) is 9.47 Å². The van der Waals surface area contributed by atoms with Crippen molar-refractivity contribution in [3.63, 3.8) is 0 Å². The number of aliphatic hydroxyl groups excluding tert-OH is 1. The molecule has 0 bridgehead atoms. The van der Waals surface area contributed by atoms with Gasteiger partial charge in [0.2, 0.25) is 0 Å². The fourth-order valence-corrected chi connectivity index (χ4v) is 7.18. The van der Waals surface area contributed by atoms with E-state index in [0.717, 1.165) is 19.4 Å². The lowest BCUT2D eigenvalue weighted by Gasteiger charge is -2.31. The molecule has 0 aliphatic carbocycles. The van der Waals surface area contributed by atoms with Crippen molar-refractivity contribution in [1.82, 2.24) is 19.9 Å². The van der Waals surface area contributed by atoms with Crippen LogP contribution in [-0.2, 0) is 11.2 Å². The van der Waals surface area contributed by atoms with Crippen molar-refractivity contribution in [1.29, 1.82) is 0 Å². The lowest BCUT2D eigenvalue weighted by molar-refractivity contribution is 0.0597. The summed E-state index contributed by atoms with van der Waals surface area (Å²) >= 11 is 0. The third-order valence-corrected chi connectivity index (χ3v) is 9.18. The van der Waals surface area contributed by atoms with Gasteiger partial charge in [-0.05, 0) is 60.3 Å². The number of phenols is 1. The minimum atomic E-state index is -0.938. The van der Waals surface area contributed by atoms with Crippen molar-refractivity contribution in [3.8, 4) is 23.0 Å². The van der Waals surface area contributed by atoms with Crippen molar-refractivity contribution in [2.75, 3.05) is 50.9 Å². The number of halogens is 3. The van der Waals surface area contributed by atoms with Crippen LogP contribution in [0.15, 0.2) is 30.5 Å². The first-order valence-electron chi connectivity index (χ1n) is 15.1. The number of hydrogen-bond donors (Lipinski definition) is 2. The van der Waals surface area contributed by atoms with Gasteiger partial charge in [-0.2, -0.15) is 9.97 Å². The van der Waals surface area contributed by atoms with Gasteiger partial charge in [0.1, 0.15) is 41.4 Å². The minimum absolute atomic E-state index is 0.0730. The summed E-state index contributed by atoms with van der Waals surface area (Å²) in [7, 11) is 0. The summed E-state index contributed by atoms with van der Waals surface area (Å²) in [6.07, 6.45) is 2.14. The number of aromatic hydroxyl groups is 1. The van der Waals surface area contributed by atoms with E-state index in [-0.39, 0.29) is 48.3 Å². The van der Waals surface area contributed by atoms with Crippen molar-refractivity contribution < 1.29 is 32.9 Å². The highest BCUT2D eigenvalue weighted by Gasteiger charge is 2.49. The van der Waals surface area contributed by atoms with Gasteiger partial charge < -0.3 is 24.6 Å². The molecule has 3 atom stereocenters. The highest BCUT2D eigenvalue weighted by atomic mass is 19.1. The highest BCUT2D eigenvalue weighted by Crippen LogP contribution is 2.42. The van der Waals surface area contributed by atoms with Crippen LogP contribution in [-0.4, -0.2) is 93.9 Å². The average molecular weight is 610 g/mol. The van der Waals surface area contributed by atoms with E-state index in [2.05, 4.69) is 19.9 Å². The van der Waals surface area contributed by atoms with Crippen LogP contribution < -0.4 is 9.64 Å². The number of anilines is 1. The Bertz CT molecular complexity index is 1740. The molecule has 2 aromatic heterocycles. The van der Waals surface area contributed by atoms with Crippen LogP contribution >= 0.6 is 0 Å². The van der Waals surface area contributed by atoms with Gasteiger partial charge >= 0.3 is 6.01 Å². The molecule has 4 aromatic rings. The van der Waals surface area contributed by atoms with Crippen molar-refractivity contribution in [3.05, 3.63) is 47.7 Å². The summed E-state index contributed by atoms with van der Waals surface area (Å²) in [6, 6.07) is 5.68. The summed E-state index contributed by atoms with van der Waals surface area (Å²) < 4.78 is 57.7. The molecular formula is C32H34F3N5O4. The quantitative estimate of drug-likeness (QED) is 0.326. The number of β-amino-alcohol motifs (C(OH)–C–C–N with tert-alkyl or cyclic N) is 1. The van der Waals surface area contributed by atoms with Crippen molar-refractivity contribution in [2.24, 2.45) is 0 Å². The van der Waals surface area contributed by atoms with Crippen molar-refractivity contribution in [2.45, 2.75) is 50.4 Å². The molecule has 3 saturated heterocycles. The summed E-state index contributed by atoms with van der Waals surface area (Å²) in [4.78, 5) is 17.5. The second-order valence-electron chi connectivity index (χ2n) is 12.0. The first-order chi connectivity index (χ1) is 21.3. The van der Waals surface area contributed by atoms with Gasteiger partial charge in [-0.15, -0.1) is 0 Å². The first kappa shape index (κ1) is 29.0.